The molecule has 7 heteroatoms. The van der Waals surface area contributed by atoms with E-state index < -0.39 is 0 Å². The van der Waals surface area contributed by atoms with E-state index in [1.807, 2.05) is 35.0 Å². The molecule has 0 saturated heterocycles. The lowest BCUT2D eigenvalue weighted by Gasteiger charge is -2.04. The smallest absolute Gasteiger partial charge is 0.275 e. The van der Waals surface area contributed by atoms with Crippen molar-refractivity contribution in [2.24, 2.45) is 0 Å². The molecule has 0 spiro atoms. The lowest BCUT2D eigenvalue weighted by atomic mass is 10.3. The van der Waals surface area contributed by atoms with Crippen molar-refractivity contribution in [2.45, 2.75) is 13.0 Å². The number of anilines is 1. The Kier molecular flexibility index (Phi) is 5.41. The first-order valence-electron chi connectivity index (χ1n) is 6.98. The SMILES string of the molecule is COc1ccc(NC(=O)c2cn3c(n2)CCNCC3)cc1.Cl. The van der Waals surface area contributed by atoms with Gasteiger partial charge in [0.15, 0.2) is 0 Å². The fourth-order valence-electron chi connectivity index (χ4n) is 2.35. The topological polar surface area (TPSA) is 68.2 Å². The largest absolute Gasteiger partial charge is 0.497 e. The number of hydrogen-bond acceptors (Lipinski definition) is 4. The lowest BCUT2D eigenvalue weighted by Crippen LogP contribution is -2.18. The van der Waals surface area contributed by atoms with Crippen molar-refractivity contribution in [1.29, 1.82) is 0 Å². The quantitative estimate of drug-likeness (QED) is 0.902. The highest BCUT2D eigenvalue weighted by molar-refractivity contribution is 6.02. The molecule has 6 nitrogen and oxygen atoms in total. The molecule has 1 aliphatic rings. The van der Waals surface area contributed by atoms with E-state index in [0.29, 0.717) is 5.69 Å². The van der Waals surface area contributed by atoms with Gasteiger partial charge in [0.1, 0.15) is 17.3 Å². The van der Waals surface area contributed by atoms with Crippen molar-refractivity contribution >= 4 is 24.0 Å². The number of aromatic nitrogens is 2. The molecule has 22 heavy (non-hydrogen) atoms. The van der Waals surface area contributed by atoms with Crippen LogP contribution in [0.25, 0.3) is 0 Å². The number of methoxy groups -OCH3 is 1. The fourth-order valence-corrected chi connectivity index (χ4v) is 2.35. The first-order valence-corrected chi connectivity index (χ1v) is 6.98. The van der Waals surface area contributed by atoms with E-state index in [2.05, 4.69) is 15.6 Å². The van der Waals surface area contributed by atoms with E-state index in [9.17, 15) is 4.79 Å². The predicted molar refractivity (Wildman–Crippen MR) is 87.0 cm³/mol. The molecule has 2 aromatic rings. The van der Waals surface area contributed by atoms with E-state index in [1.54, 1.807) is 7.11 Å². The van der Waals surface area contributed by atoms with E-state index in [-0.39, 0.29) is 18.3 Å². The van der Waals surface area contributed by atoms with Crippen molar-refractivity contribution in [3.05, 3.63) is 42.0 Å². The Hall–Kier alpha value is -2.05. The number of fused-ring (bicyclic) bond motifs is 1. The first-order chi connectivity index (χ1) is 10.3. The maximum absolute atomic E-state index is 12.2. The number of hydrogen-bond donors (Lipinski definition) is 2. The summed E-state index contributed by atoms with van der Waals surface area (Å²) in [4.78, 5) is 16.7. The Morgan fingerprint density at radius 2 is 2.09 bits per heavy atom. The number of imidazole rings is 1. The fraction of sp³-hybridized carbons (Fsp3) is 0.333. The predicted octanol–water partition coefficient (Wildman–Crippen LogP) is 1.71. The molecule has 0 radical (unpaired) electrons. The molecule has 1 aromatic heterocycles. The number of benzene rings is 1. The average Bonchev–Trinajstić information content (AvgIpc) is 2.79. The summed E-state index contributed by atoms with van der Waals surface area (Å²) in [5.41, 5.74) is 1.19. The second-order valence-corrected chi connectivity index (χ2v) is 4.92. The number of amides is 1. The van der Waals surface area contributed by atoms with Crippen molar-refractivity contribution in [3.63, 3.8) is 0 Å². The van der Waals surface area contributed by atoms with E-state index in [1.165, 1.54) is 0 Å². The molecule has 0 bridgehead atoms. The highest BCUT2D eigenvalue weighted by Crippen LogP contribution is 2.16. The molecule has 1 amide bonds. The molecule has 1 aromatic carbocycles. The minimum Gasteiger partial charge on any atom is -0.497 e. The van der Waals surface area contributed by atoms with Gasteiger partial charge in [-0.3, -0.25) is 4.79 Å². The van der Waals surface area contributed by atoms with Gasteiger partial charge in [-0.2, -0.15) is 0 Å². The molecule has 0 saturated carbocycles. The summed E-state index contributed by atoms with van der Waals surface area (Å²) < 4.78 is 7.14. The summed E-state index contributed by atoms with van der Waals surface area (Å²) in [5, 5.41) is 6.15. The van der Waals surface area contributed by atoms with Crippen molar-refractivity contribution in [2.75, 3.05) is 25.5 Å². The number of carbonyl (C=O) groups is 1. The third kappa shape index (κ3) is 3.58. The molecule has 0 unspecified atom stereocenters. The third-order valence-corrected chi connectivity index (χ3v) is 3.49. The van der Waals surface area contributed by atoms with Gasteiger partial charge in [-0.25, -0.2) is 4.98 Å². The zero-order chi connectivity index (χ0) is 14.7. The van der Waals surface area contributed by atoms with Gasteiger partial charge in [0.05, 0.1) is 7.11 Å². The molecule has 118 valence electrons. The zero-order valence-corrected chi connectivity index (χ0v) is 13.2. The number of halogens is 1. The number of rotatable bonds is 3. The molecule has 0 atom stereocenters. The third-order valence-electron chi connectivity index (χ3n) is 3.49. The van der Waals surface area contributed by atoms with Gasteiger partial charge in [0, 0.05) is 37.9 Å². The molecule has 1 aliphatic heterocycles. The van der Waals surface area contributed by atoms with Crippen LogP contribution in [0.3, 0.4) is 0 Å². The van der Waals surface area contributed by atoms with Gasteiger partial charge in [-0.05, 0) is 24.3 Å². The molecule has 2 N–H and O–H groups in total. The maximum atomic E-state index is 12.2. The second-order valence-electron chi connectivity index (χ2n) is 4.92. The zero-order valence-electron chi connectivity index (χ0n) is 12.3. The Labute approximate surface area is 135 Å². The van der Waals surface area contributed by atoms with E-state index in [4.69, 9.17) is 4.74 Å². The van der Waals surface area contributed by atoms with Crippen LogP contribution >= 0.6 is 12.4 Å². The maximum Gasteiger partial charge on any atom is 0.275 e. The Bertz CT molecular complexity index is 616. The van der Waals surface area contributed by atoms with Crippen LogP contribution < -0.4 is 15.4 Å². The van der Waals surface area contributed by atoms with Crippen LogP contribution in [0.15, 0.2) is 30.5 Å². The molecule has 0 aliphatic carbocycles. The van der Waals surface area contributed by atoms with Gasteiger partial charge >= 0.3 is 0 Å². The van der Waals surface area contributed by atoms with Crippen molar-refractivity contribution in [3.8, 4) is 5.75 Å². The summed E-state index contributed by atoms with van der Waals surface area (Å²) in [6.45, 7) is 2.65. The summed E-state index contributed by atoms with van der Waals surface area (Å²) in [6, 6.07) is 7.23. The monoisotopic (exact) mass is 322 g/mol. The molecule has 0 fully saturated rings. The van der Waals surface area contributed by atoms with Crippen LogP contribution in [-0.2, 0) is 13.0 Å². The van der Waals surface area contributed by atoms with Gasteiger partial charge < -0.3 is 19.9 Å². The Balaban J connectivity index is 0.00000176. The van der Waals surface area contributed by atoms with Gasteiger partial charge in [0.2, 0.25) is 0 Å². The summed E-state index contributed by atoms with van der Waals surface area (Å²) >= 11 is 0. The number of carbonyl (C=O) groups excluding carboxylic acids is 1. The van der Waals surface area contributed by atoms with Gasteiger partial charge in [-0.1, -0.05) is 0 Å². The number of nitrogens with zero attached hydrogens (tertiary/aromatic N) is 2. The number of ether oxygens (including phenoxy) is 1. The standard InChI is InChI=1S/C15H18N4O2.ClH/c1-21-12-4-2-11(3-5-12)17-15(20)13-10-19-9-8-16-7-6-14(19)18-13;/h2-5,10,16H,6-9H2,1H3,(H,17,20);1H. The van der Waals surface area contributed by atoms with E-state index in [0.717, 1.165) is 43.3 Å². The number of nitrogens with one attached hydrogen (secondary N) is 2. The highest BCUT2D eigenvalue weighted by Gasteiger charge is 2.15. The normalized spacial score (nSPS) is 13.5. The van der Waals surface area contributed by atoms with Crippen LogP contribution in [0, 0.1) is 0 Å². The van der Waals surface area contributed by atoms with Crippen LogP contribution in [0.2, 0.25) is 0 Å². The molecular formula is C15H19ClN4O2. The minimum absolute atomic E-state index is 0. The second kappa shape index (κ2) is 7.29. The van der Waals surface area contributed by atoms with Gasteiger partial charge in [0.25, 0.3) is 5.91 Å². The first kappa shape index (κ1) is 16.3. The van der Waals surface area contributed by atoms with Crippen LogP contribution in [0.5, 0.6) is 5.75 Å². The van der Waals surface area contributed by atoms with Crippen molar-refractivity contribution in [1.82, 2.24) is 14.9 Å². The summed E-state index contributed by atoms with van der Waals surface area (Å²) in [6.07, 6.45) is 2.66. The highest BCUT2D eigenvalue weighted by atomic mass is 35.5. The van der Waals surface area contributed by atoms with Crippen LogP contribution in [-0.4, -0.2) is 35.7 Å². The Morgan fingerprint density at radius 1 is 1.32 bits per heavy atom. The lowest BCUT2D eigenvalue weighted by molar-refractivity contribution is 0.102. The molecule has 2 heterocycles. The van der Waals surface area contributed by atoms with Crippen LogP contribution in [0.4, 0.5) is 5.69 Å². The van der Waals surface area contributed by atoms with Crippen LogP contribution in [0.1, 0.15) is 16.3 Å². The van der Waals surface area contributed by atoms with Crippen molar-refractivity contribution < 1.29 is 9.53 Å². The summed E-state index contributed by atoms with van der Waals surface area (Å²) in [5.74, 6) is 1.53. The minimum atomic E-state index is -0.186. The molecular weight excluding hydrogens is 304 g/mol. The van der Waals surface area contributed by atoms with E-state index >= 15 is 0 Å². The average molecular weight is 323 g/mol. The van der Waals surface area contributed by atoms with Gasteiger partial charge in [-0.15, -0.1) is 12.4 Å². The Morgan fingerprint density at radius 3 is 2.82 bits per heavy atom. The summed E-state index contributed by atoms with van der Waals surface area (Å²) in [7, 11) is 1.61. The molecule has 3 rings (SSSR count).